The Labute approximate surface area is 222 Å². The van der Waals surface area contributed by atoms with E-state index < -0.39 is 0 Å². The van der Waals surface area contributed by atoms with Gasteiger partial charge in [-0.3, -0.25) is 9.89 Å². The fourth-order valence-corrected chi connectivity index (χ4v) is 4.73. The Morgan fingerprint density at radius 3 is 2.30 bits per heavy atom. The van der Waals surface area contributed by atoms with Crippen LogP contribution in [0, 0.1) is 0 Å². The molecular weight excluding hydrogens is 519 g/mol. The predicted molar refractivity (Wildman–Crippen MR) is 142 cm³/mol. The van der Waals surface area contributed by atoms with Crippen LogP contribution in [-0.2, 0) is 0 Å². The topological polar surface area (TPSA) is 121 Å². The summed E-state index contributed by atoms with van der Waals surface area (Å²) >= 11 is 13.1. The number of aromatic amines is 1. The number of hydrogen-bond donors (Lipinski definition) is 2. The molecule has 0 saturated carbocycles. The van der Waals surface area contributed by atoms with E-state index in [-0.39, 0.29) is 5.91 Å². The third-order valence-corrected chi connectivity index (χ3v) is 6.92. The predicted octanol–water partition coefficient (Wildman–Crippen LogP) is 3.74. The van der Waals surface area contributed by atoms with Crippen molar-refractivity contribution in [2.45, 2.75) is 0 Å². The first kappa shape index (κ1) is 25.0. The fraction of sp³-hybridized carbons (Fsp3) is 0.292. The highest BCUT2D eigenvalue weighted by Gasteiger charge is 2.22. The molecule has 0 unspecified atom stereocenters. The van der Waals surface area contributed by atoms with Crippen molar-refractivity contribution >= 4 is 51.9 Å². The molecule has 5 rings (SSSR count). The third kappa shape index (κ3) is 4.85. The van der Waals surface area contributed by atoms with Crippen LogP contribution in [0.2, 0.25) is 10.0 Å². The number of pyridine rings is 1. The van der Waals surface area contributed by atoms with Gasteiger partial charge in [-0.1, -0.05) is 23.2 Å². The molecule has 0 aliphatic carbocycles. The van der Waals surface area contributed by atoms with Gasteiger partial charge < -0.3 is 24.6 Å². The molecule has 13 heteroatoms. The Bertz CT molecular complexity index is 1420. The summed E-state index contributed by atoms with van der Waals surface area (Å²) in [6.45, 7) is 3.57. The van der Waals surface area contributed by atoms with Crippen LogP contribution in [0.25, 0.3) is 22.3 Å². The van der Waals surface area contributed by atoms with Crippen LogP contribution in [0.5, 0.6) is 11.5 Å². The van der Waals surface area contributed by atoms with Crippen LogP contribution in [0.15, 0.2) is 30.6 Å². The molecule has 4 aromatic rings. The van der Waals surface area contributed by atoms with Crippen LogP contribution >= 0.6 is 23.2 Å². The first-order chi connectivity index (χ1) is 17.9. The maximum Gasteiger partial charge on any atom is 0.260 e. The number of benzene rings is 1. The van der Waals surface area contributed by atoms with E-state index >= 15 is 0 Å². The lowest BCUT2D eigenvalue weighted by Gasteiger charge is -2.32. The molecule has 1 aliphatic heterocycles. The largest absolute Gasteiger partial charge is 0.495 e. The number of aromatic nitrogens is 5. The number of piperazine rings is 1. The van der Waals surface area contributed by atoms with Crippen molar-refractivity contribution in [3.63, 3.8) is 0 Å². The van der Waals surface area contributed by atoms with Crippen molar-refractivity contribution in [2.75, 3.05) is 57.7 Å². The lowest BCUT2D eigenvalue weighted by Crippen LogP contribution is -2.45. The lowest BCUT2D eigenvalue weighted by atomic mass is 10.1. The Balaban J connectivity index is 1.37. The minimum atomic E-state index is -0.383. The molecule has 11 nitrogen and oxygen atoms in total. The van der Waals surface area contributed by atoms with Gasteiger partial charge in [-0.05, 0) is 19.2 Å². The molecule has 1 aliphatic rings. The molecule has 1 fully saturated rings. The van der Waals surface area contributed by atoms with Gasteiger partial charge in [0.2, 0.25) is 5.95 Å². The van der Waals surface area contributed by atoms with E-state index in [0.717, 1.165) is 26.2 Å². The van der Waals surface area contributed by atoms with Gasteiger partial charge in [-0.2, -0.15) is 5.10 Å². The quantitative estimate of drug-likeness (QED) is 0.375. The summed E-state index contributed by atoms with van der Waals surface area (Å²) in [7, 11) is 5.09. The number of anilines is 2. The van der Waals surface area contributed by atoms with E-state index in [1.165, 1.54) is 26.6 Å². The summed E-state index contributed by atoms with van der Waals surface area (Å²) in [6.07, 6.45) is 3.03. The van der Waals surface area contributed by atoms with Crippen molar-refractivity contribution < 1.29 is 14.3 Å². The van der Waals surface area contributed by atoms with Crippen molar-refractivity contribution in [1.29, 1.82) is 0 Å². The minimum Gasteiger partial charge on any atom is -0.495 e. The standard InChI is InChI=1S/C24H24Cl2N8O3/c1-33-6-8-34(9-7-33)24-27-11-13(12-28-24)23(35)30-22-14-4-5-15(29-21(14)31-32-22)18-19(25)16(36-2)10-17(37-3)20(18)26/h4-5,10-12H,6-9H2,1-3H3,(H2,29,30,31,32,35). The van der Waals surface area contributed by atoms with Gasteiger partial charge in [0.15, 0.2) is 11.5 Å². The number of H-pyrrole nitrogens is 1. The molecule has 192 valence electrons. The van der Waals surface area contributed by atoms with Gasteiger partial charge >= 0.3 is 0 Å². The molecule has 1 aromatic carbocycles. The summed E-state index contributed by atoms with van der Waals surface area (Å²) in [4.78, 5) is 30.6. The molecule has 4 heterocycles. The average Bonchev–Trinajstić information content (AvgIpc) is 3.31. The van der Waals surface area contributed by atoms with Gasteiger partial charge in [0, 0.05) is 50.2 Å². The van der Waals surface area contributed by atoms with Gasteiger partial charge in [-0.25, -0.2) is 15.0 Å². The summed E-state index contributed by atoms with van der Waals surface area (Å²) in [5.41, 5.74) is 1.69. The number of nitrogens with zero attached hydrogens (tertiary/aromatic N) is 6. The van der Waals surface area contributed by atoms with Crippen molar-refractivity contribution in [3.8, 4) is 22.8 Å². The number of rotatable bonds is 6. The number of carbonyl (C=O) groups excluding carboxylic acids is 1. The third-order valence-electron chi connectivity index (χ3n) is 6.17. The van der Waals surface area contributed by atoms with Crippen LogP contribution in [0.4, 0.5) is 11.8 Å². The van der Waals surface area contributed by atoms with Crippen LogP contribution in [-0.4, -0.2) is 83.4 Å². The average molecular weight is 543 g/mol. The van der Waals surface area contributed by atoms with Gasteiger partial charge in [0.25, 0.3) is 5.91 Å². The molecule has 0 radical (unpaired) electrons. The van der Waals surface area contributed by atoms with E-state index in [0.29, 0.717) is 61.2 Å². The van der Waals surface area contributed by atoms with Crippen LogP contribution < -0.4 is 19.7 Å². The molecular formula is C24H24Cl2N8O3. The fourth-order valence-electron chi connectivity index (χ4n) is 4.04. The van der Waals surface area contributed by atoms with Crippen molar-refractivity contribution in [3.05, 3.63) is 46.2 Å². The SMILES string of the molecule is COc1cc(OC)c(Cl)c(-c2ccc3c(NC(=O)c4cnc(N5CCN(C)CC5)nc4)n[nH]c3n2)c1Cl. The Morgan fingerprint density at radius 1 is 1.03 bits per heavy atom. The highest BCUT2D eigenvalue weighted by Crippen LogP contribution is 2.45. The highest BCUT2D eigenvalue weighted by molar-refractivity contribution is 6.41. The van der Waals surface area contributed by atoms with Crippen molar-refractivity contribution in [2.24, 2.45) is 0 Å². The van der Waals surface area contributed by atoms with E-state index in [1.807, 2.05) is 0 Å². The van der Waals surface area contributed by atoms with Crippen LogP contribution in [0.3, 0.4) is 0 Å². The summed E-state index contributed by atoms with van der Waals surface area (Å²) < 4.78 is 10.7. The van der Waals surface area contributed by atoms with Crippen molar-refractivity contribution in [1.82, 2.24) is 30.0 Å². The number of methoxy groups -OCH3 is 2. The van der Waals surface area contributed by atoms with Gasteiger partial charge in [0.1, 0.15) is 11.5 Å². The minimum absolute atomic E-state index is 0.299. The zero-order valence-electron chi connectivity index (χ0n) is 20.4. The lowest BCUT2D eigenvalue weighted by molar-refractivity contribution is 0.102. The van der Waals surface area contributed by atoms with E-state index in [9.17, 15) is 4.79 Å². The van der Waals surface area contributed by atoms with E-state index in [2.05, 4.69) is 47.3 Å². The molecule has 0 spiro atoms. The molecule has 1 amide bonds. The summed E-state index contributed by atoms with van der Waals surface area (Å²) in [5.74, 6) is 1.35. The van der Waals surface area contributed by atoms with E-state index in [1.54, 1.807) is 18.2 Å². The Morgan fingerprint density at radius 2 is 1.68 bits per heavy atom. The number of nitrogens with one attached hydrogen (secondary N) is 2. The number of hydrogen-bond acceptors (Lipinski definition) is 9. The molecule has 0 bridgehead atoms. The van der Waals surface area contributed by atoms with Gasteiger partial charge in [0.05, 0.1) is 40.9 Å². The summed E-state index contributed by atoms with van der Waals surface area (Å²) in [6, 6.07) is 5.10. The maximum absolute atomic E-state index is 12.9. The Kier molecular flexibility index (Phi) is 7.00. The molecule has 37 heavy (non-hydrogen) atoms. The smallest absolute Gasteiger partial charge is 0.260 e. The first-order valence-electron chi connectivity index (χ1n) is 11.4. The monoisotopic (exact) mass is 542 g/mol. The molecule has 3 aromatic heterocycles. The number of fused-ring (bicyclic) bond motifs is 1. The van der Waals surface area contributed by atoms with Gasteiger partial charge in [-0.15, -0.1) is 0 Å². The normalized spacial score (nSPS) is 14.1. The second-order valence-electron chi connectivity index (χ2n) is 8.47. The van der Waals surface area contributed by atoms with E-state index in [4.69, 9.17) is 32.7 Å². The molecule has 0 atom stereocenters. The maximum atomic E-state index is 12.9. The number of halogens is 2. The van der Waals surface area contributed by atoms with Crippen LogP contribution in [0.1, 0.15) is 10.4 Å². The first-order valence-corrected chi connectivity index (χ1v) is 12.2. The number of likely N-dealkylation sites (N-methyl/N-ethyl adjacent to an activating group) is 1. The summed E-state index contributed by atoms with van der Waals surface area (Å²) in [5, 5.41) is 11.1. The Hall–Kier alpha value is -3.67. The highest BCUT2D eigenvalue weighted by atomic mass is 35.5. The zero-order chi connectivity index (χ0) is 26.1. The number of amides is 1. The molecule has 1 saturated heterocycles. The number of carbonyl (C=O) groups is 1. The second kappa shape index (κ2) is 10.4. The number of ether oxygens (including phenoxy) is 2. The second-order valence-corrected chi connectivity index (χ2v) is 9.22. The molecule has 2 N–H and O–H groups in total. The zero-order valence-corrected chi connectivity index (χ0v) is 21.9.